The maximum atomic E-state index is 13.4. The van der Waals surface area contributed by atoms with Gasteiger partial charge in [-0.15, -0.1) is 0 Å². The topological polar surface area (TPSA) is 94.1 Å². The van der Waals surface area contributed by atoms with Crippen LogP contribution in [0.3, 0.4) is 0 Å². The number of ketones is 1. The summed E-state index contributed by atoms with van der Waals surface area (Å²) in [4.78, 5) is 46.6. The van der Waals surface area contributed by atoms with E-state index >= 15 is 0 Å². The van der Waals surface area contributed by atoms with Crippen LogP contribution in [-0.4, -0.2) is 38.6 Å². The molecule has 0 aliphatic heterocycles. The van der Waals surface area contributed by atoms with Gasteiger partial charge in [0, 0.05) is 5.69 Å². The van der Waals surface area contributed by atoms with Crippen molar-refractivity contribution < 1.29 is 14.3 Å². The molecule has 0 atom stereocenters. The Hall–Kier alpha value is -3.65. The Balaban J connectivity index is 1.72. The Morgan fingerprint density at radius 3 is 2.50 bits per heavy atom. The second-order valence-corrected chi connectivity index (χ2v) is 8.84. The van der Waals surface area contributed by atoms with E-state index in [9.17, 15) is 14.4 Å². The van der Waals surface area contributed by atoms with E-state index in [0.717, 1.165) is 11.3 Å². The molecule has 174 valence electrons. The van der Waals surface area contributed by atoms with Gasteiger partial charge in [0.05, 0.1) is 40.2 Å². The Kier molecular flexibility index (Phi) is 6.70. The minimum Gasteiger partial charge on any atom is -0.462 e. The molecule has 2 aromatic carbocycles. The first-order valence-electron chi connectivity index (χ1n) is 10.9. The third-order valence-electron chi connectivity index (χ3n) is 5.63. The number of aromatic nitrogens is 3. The minimum atomic E-state index is -0.454. The molecule has 0 fully saturated rings. The number of ether oxygens (including phenoxy) is 1. The number of para-hydroxylation sites is 2. The van der Waals surface area contributed by atoms with Crippen LogP contribution in [0.4, 0.5) is 0 Å². The number of rotatable bonds is 7. The molecule has 0 saturated carbocycles. The summed E-state index contributed by atoms with van der Waals surface area (Å²) in [6.45, 7) is 7.39. The predicted molar refractivity (Wildman–Crippen MR) is 133 cm³/mol. The van der Waals surface area contributed by atoms with Gasteiger partial charge in [0.25, 0.3) is 5.56 Å². The van der Waals surface area contributed by atoms with Crippen LogP contribution in [-0.2, 0) is 4.74 Å². The first-order valence-corrected chi connectivity index (χ1v) is 11.9. The van der Waals surface area contributed by atoms with Crippen molar-refractivity contribution in [1.29, 1.82) is 0 Å². The number of H-pyrrole nitrogens is 1. The zero-order valence-corrected chi connectivity index (χ0v) is 20.3. The Morgan fingerprint density at radius 2 is 1.76 bits per heavy atom. The van der Waals surface area contributed by atoms with Crippen molar-refractivity contribution in [2.75, 3.05) is 12.4 Å². The summed E-state index contributed by atoms with van der Waals surface area (Å²) in [6, 6.07) is 14.7. The highest BCUT2D eigenvalue weighted by Gasteiger charge is 2.24. The zero-order chi connectivity index (χ0) is 24.4. The van der Waals surface area contributed by atoms with Crippen molar-refractivity contribution in [3.05, 3.63) is 87.0 Å². The Morgan fingerprint density at radius 1 is 1.06 bits per heavy atom. The number of esters is 1. The molecule has 0 radical (unpaired) electrons. The van der Waals surface area contributed by atoms with Gasteiger partial charge in [-0.2, -0.15) is 0 Å². The highest BCUT2D eigenvalue weighted by Crippen LogP contribution is 2.25. The fourth-order valence-electron chi connectivity index (χ4n) is 3.98. The molecule has 4 rings (SSSR count). The van der Waals surface area contributed by atoms with Gasteiger partial charge in [0.1, 0.15) is 0 Å². The second kappa shape index (κ2) is 9.69. The molecular formula is C26H25N3O4S. The zero-order valence-electron chi connectivity index (χ0n) is 19.5. The largest absolute Gasteiger partial charge is 0.462 e. The van der Waals surface area contributed by atoms with Gasteiger partial charge in [0.15, 0.2) is 10.9 Å². The fraction of sp³-hybridized carbons (Fsp3) is 0.231. The first kappa shape index (κ1) is 23.5. The molecule has 34 heavy (non-hydrogen) atoms. The van der Waals surface area contributed by atoms with Crippen LogP contribution in [0.15, 0.2) is 58.5 Å². The summed E-state index contributed by atoms with van der Waals surface area (Å²) in [7, 11) is 0. The van der Waals surface area contributed by atoms with Gasteiger partial charge >= 0.3 is 5.97 Å². The maximum Gasteiger partial charge on any atom is 0.340 e. The van der Waals surface area contributed by atoms with Crippen LogP contribution >= 0.6 is 11.8 Å². The molecule has 7 nitrogen and oxygen atoms in total. The van der Waals surface area contributed by atoms with Crippen LogP contribution < -0.4 is 5.56 Å². The number of aromatic amines is 1. The average Bonchev–Trinajstić information content (AvgIpc) is 3.12. The van der Waals surface area contributed by atoms with E-state index in [4.69, 9.17) is 9.72 Å². The lowest BCUT2D eigenvalue weighted by Gasteiger charge is -2.15. The summed E-state index contributed by atoms with van der Waals surface area (Å²) in [5.41, 5.74) is 3.92. The molecule has 8 heteroatoms. The van der Waals surface area contributed by atoms with Gasteiger partial charge in [-0.3, -0.25) is 14.2 Å². The molecule has 0 bridgehead atoms. The molecule has 0 spiro atoms. The van der Waals surface area contributed by atoms with Crippen LogP contribution in [0.5, 0.6) is 0 Å². The summed E-state index contributed by atoms with van der Waals surface area (Å²) in [5.74, 6) is -0.607. The third-order valence-corrected chi connectivity index (χ3v) is 6.57. The number of hydrogen-bond donors (Lipinski definition) is 1. The third kappa shape index (κ3) is 4.28. The van der Waals surface area contributed by atoms with E-state index in [-0.39, 0.29) is 23.7 Å². The molecule has 0 aliphatic rings. The SMILES string of the molecule is CCOC(=O)c1c(C)[nH]c(C(=O)CSc2nc3ccccc3c(=O)n2-c2ccccc2C)c1C. The standard InChI is InChI=1S/C26H25N3O4S/c1-5-33-25(32)22-16(3)23(27-17(22)4)21(30)14-34-26-28-19-12-8-7-11-18(19)24(31)29(26)20-13-9-6-10-15(20)2/h6-13,27H,5,14H2,1-4H3. The molecule has 0 aliphatic carbocycles. The molecule has 0 unspecified atom stereocenters. The maximum absolute atomic E-state index is 13.4. The molecule has 4 aromatic rings. The number of fused-ring (bicyclic) bond motifs is 1. The summed E-state index contributed by atoms with van der Waals surface area (Å²) in [5, 5.41) is 0.939. The van der Waals surface area contributed by atoms with Gasteiger partial charge < -0.3 is 9.72 Å². The first-order chi connectivity index (χ1) is 16.3. The van der Waals surface area contributed by atoms with E-state index < -0.39 is 5.97 Å². The number of nitrogens with zero attached hydrogens (tertiary/aromatic N) is 2. The van der Waals surface area contributed by atoms with E-state index in [1.165, 1.54) is 11.8 Å². The number of aryl methyl sites for hydroxylation is 2. The van der Waals surface area contributed by atoms with Gasteiger partial charge in [-0.25, -0.2) is 9.78 Å². The van der Waals surface area contributed by atoms with Crippen molar-refractivity contribution >= 4 is 34.4 Å². The number of thioether (sulfide) groups is 1. The van der Waals surface area contributed by atoms with E-state index in [1.807, 2.05) is 37.3 Å². The molecule has 0 amide bonds. The molecular weight excluding hydrogens is 450 g/mol. The summed E-state index contributed by atoms with van der Waals surface area (Å²) >= 11 is 1.19. The van der Waals surface area contributed by atoms with Crippen molar-refractivity contribution in [2.24, 2.45) is 0 Å². The smallest absolute Gasteiger partial charge is 0.340 e. The van der Waals surface area contributed by atoms with Crippen molar-refractivity contribution in [2.45, 2.75) is 32.9 Å². The molecule has 2 aromatic heterocycles. The van der Waals surface area contributed by atoms with Crippen LogP contribution in [0.25, 0.3) is 16.6 Å². The van der Waals surface area contributed by atoms with E-state index in [1.54, 1.807) is 43.5 Å². The lowest BCUT2D eigenvalue weighted by Crippen LogP contribution is -2.23. The normalized spacial score (nSPS) is 11.1. The quantitative estimate of drug-likeness (QED) is 0.179. The summed E-state index contributed by atoms with van der Waals surface area (Å²) in [6.07, 6.45) is 0. The number of Topliss-reactive ketones (excluding diaryl/α,β-unsaturated/α-hetero) is 1. The van der Waals surface area contributed by atoms with E-state index in [0.29, 0.717) is 38.6 Å². The Bertz CT molecular complexity index is 1470. The minimum absolute atomic E-state index is 0.0414. The van der Waals surface area contributed by atoms with Gasteiger partial charge in [0.2, 0.25) is 0 Å². The number of carbonyl (C=O) groups excluding carboxylic acids is 2. The predicted octanol–water partition coefficient (Wildman–Crippen LogP) is 4.79. The number of nitrogens with one attached hydrogen (secondary N) is 1. The van der Waals surface area contributed by atoms with Crippen molar-refractivity contribution in [1.82, 2.24) is 14.5 Å². The molecule has 1 N–H and O–H groups in total. The van der Waals surface area contributed by atoms with Gasteiger partial charge in [-0.1, -0.05) is 42.1 Å². The van der Waals surface area contributed by atoms with Crippen LogP contribution in [0, 0.1) is 20.8 Å². The second-order valence-electron chi connectivity index (χ2n) is 7.90. The van der Waals surface area contributed by atoms with Crippen LogP contribution in [0.1, 0.15) is 44.6 Å². The van der Waals surface area contributed by atoms with E-state index in [2.05, 4.69) is 4.98 Å². The summed E-state index contributed by atoms with van der Waals surface area (Å²) < 4.78 is 6.68. The van der Waals surface area contributed by atoms with Crippen molar-refractivity contribution in [3.8, 4) is 5.69 Å². The van der Waals surface area contributed by atoms with Gasteiger partial charge in [-0.05, 0) is 57.0 Å². The number of hydrogen-bond acceptors (Lipinski definition) is 6. The fourth-order valence-corrected chi connectivity index (χ4v) is 4.85. The molecule has 0 saturated heterocycles. The number of benzene rings is 2. The number of carbonyl (C=O) groups is 2. The van der Waals surface area contributed by atoms with Crippen LogP contribution in [0.2, 0.25) is 0 Å². The highest BCUT2D eigenvalue weighted by molar-refractivity contribution is 7.99. The average molecular weight is 476 g/mol. The lowest BCUT2D eigenvalue weighted by molar-refractivity contribution is 0.0525. The monoisotopic (exact) mass is 475 g/mol. The molecule has 2 heterocycles. The Labute approximate surface area is 201 Å². The lowest BCUT2D eigenvalue weighted by atomic mass is 10.1. The highest BCUT2D eigenvalue weighted by atomic mass is 32.2. The van der Waals surface area contributed by atoms with Crippen molar-refractivity contribution in [3.63, 3.8) is 0 Å².